The fourth-order valence-corrected chi connectivity index (χ4v) is 4.18. The van der Waals surface area contributed by atoms with Crippen LogP contribution in [-0.2, 0) is 0 Å². The number of hydrogen-bond donors (Lipinski definition) is 3. The topological polar surface area (TPSA) is 110 Å². The highest BCUT2D eigenvalue weighted by Crippen LogP contribution is 2.24. The number of H-pyrrole nitrogens is 1. The summed E-state index contributed by atoms with van der Waals surface area (Å²) in [7, 11) is 0. The summed E-state index contributed by atoms with van der Waals surface area (Å²) in [5.74, 6) is 2.39. The van der Waals surface area contributed by atoms with Gasteiger partial charge in [-0.25, -0.2) is 5.10 Å². The molecule has 0 bridgehead atoms. The van der Waals surface area contributed by atoms with Crippen molar-refractivity contribution in [2.24, 2.45) is 0 Å². The molecule has 1 unspecified atom stereocenters. The number of nitrogen functional groups attached to an aromatic ring is 1. The number of aromatic nitrogens is 4. The molecule has 3 aromatic heterocycles. The predicted octanol–water partition coefficient (Wildman–Crippen LogP) is 2.51. The summed E-state index contributed by atoms with van der Waals surface area (Å²) < 4.78 is 3.16. The summed E-state index contributed by atoms with van der Waals surface area (Å²) in [5.41, 5.74) is 8.24. The Morgan fingerprint density at radius 3 is 2.76 bits per heavy atom. The number of terminal acetylenes is 1. The summed E-state index contributed by atoms with van der Waals surface area (Å²) >= 11 is 0. The van der Waals surface area contributed by atoms with Gasteiger partial charge in [-0.05, 0) is 41.6 Å². The fourth-order valence-electron chi connectivity index (χ4n) is 4.18. The Morgan fingerprint density at radius 1 is 1.21 bits per heavy atom. The van der Waals surface area contributed by atoms with E-state index in [1.165, 1.54) is 0 Å². The maximum absolute atomic E-state index is 13.7. The van der Waals surface area contributed by atoms with Crippen molar-refractivity contribution in [3.63, 3.8) is 0 Å². The van der Waals surface area contributed by atoms with Gasteiger partial charge in [-0.1, -0.05) is 36.3 Å². The average molecular weight is 449 g/mol. The van der Waals surface area contributed by atoms with Gasteiger partial charge in [0.05, 0.1) is 11.4 Å². The largest absolute Gasteiger partial charge is 0.382 e. The van der Waals surface area contributed by atoms with Crippen molar-refractivity contribution in [3.05, 3.63) is 100 Å². The third kappa shape index (κ3) is 3.36. The van der Waals surface area contributed by atoms with Gasteiger partial charge in [-0.15, -0.1) is 10.9 Å². The van der Waals surface area contributed by atoms with Crippen molar-refractivity contribution in [2.45, 2.75) is 13.0 Å². The molecule has 166 valence electrons. The van der Waals surface area contributed by atoms with Crippen LogP contribution in [0.3, 0.4) is 0 Å². The van der Waals surface area contributed by atoms with Crippen molar-refractivity contribution in [1.82, 2.24) is 20.0 Å². The van der Waals surface area contributed by atoms with E-state index in [9.17, 15) is 9.59 Å². The molecular formula is C26H21N6O2+. The summed E-state index contributed by atoms with van der Waals surface area (Å²) in [4.78, 5) is 31.2. The quantitative estimate of drug-likeness (QED) is 0.289. The second-order valence-corrected chi connectivity index (χ2v) is 7.87. The third-order valence-corrected chi connectivity index (χ3v) is 5.74. The lowest BCUT2D eigenvalue weighted by Crippen LogP contribution is -2.33. The van der Waals surface area contributed by atoms with Crippen molar-refractivity contribution in [2.75, 3.05) is 5.73 Å². The number of anilines is 1. The van der Waals surface area contributed by atoms with Gasteiger partial charge in [0.25, 0.3) is 11.5 Å². The van der Waals surface area contributed by atoms with Gasteiger partial charge in [0.2, 0.25) is 0 Å². The lowest BCUT2D eigenvalue weighted by molar-refractivity contribution is -0.577. The lowest BCUT2D eigenvalue weighted by Gasteiger charge is -2.21. The lowest BCUT2D eigenvalue weighted by atomic mass is 10.0. The molecule has 1 atom stereocenters. The molecule has 8 heteroatoms. The van der Waals surface area contributed by atoms with Crippen LogP contribution >= 0.6 is 0 Å². The number of para-hydroxylation sites is 1. The molecule has 0 aliphatic rings. The van der Waals surface area contributed by atoms with E-state index in [1.54, 1.807) is 33.6 Å². The van der Waals surface area contributed by atoms with Gasteiger partial charge in [0, 0.05) is 23.0 Å². The minimum atomic E-state index is -0.544. The number of nitrogens with zero attached hydrogens (tertiary/aromatic N) is 3. The van der Waals surface area contributed by atoms with Crippen LogP contribution in [0.25, 0.3) is 22.1 Å². The van der Waals surface area contributed by atoms with Crippen LogP contribution in [0.4, 0.5) is 5.82 Å². The number of aromatic amines is 1. The van der Waals surface area contributed by atoms with Gasteiger partial charge in [0.15, 0.2) is 11.4 Å². The predicted molar refractivity (Wildman–Crippen MR) is 130 cm³/mol. The maximum Gasteiger partial charge on any atom is 0.362 e. The summed E-state index contributed by atoms with van der Waals surface area (Å²) in [6.07, 6.45) is 8.98. The van der Waals surface area contributed by atoms with Crippen LogP contribution in [-0.4, -0.2) is 20.6 Å². The Kier molecular flexibility index (Phi) is 5.07. The van der Waals surface area contributed by atoms with E-state index in [-0.39, 0.29) is 16.9 Å². The number of amides is 1. The molecule has 2 aromatic carbocycles. The molecule has 5 rings (SSSR count). The van der Waals surface area contributed by atoms with Gasteiger partial charge >= 0.3 is 5.65 Å². The van der Waals surface area contributed by atoms with Gasteiger partial charge in [-0.3, -0.25) is 14.2 Å². The van der Waals surface area contributed by atoms with Crippen LogP contribution in [0.1, 0.15) is 34.6 Å². The van der Waals surface area contributed by atoms with Crippen molar-refractivity contribution < 1.29 is 9.31 Å². The minimum absolute atomic E-state index is 0.195. The minimum Gasteiger partial charge on any atom is -0.382 e. The first-order valence-corrected chi connectivity index (χ1v) is 10.6. The number of rotatable bonds is 4. The second-order valence-electron chi connectivity index (χ2n) is 7.87. The van der Waals surface area contributed by atoms with E-state index in [0.717, 1.165) is 0 Å². The Labute approximate surface area is 194 Å². The molecule has 0 aliphatic carbocycles. The molecule has 1 amide bonds. The van der Waals surface area contributed by atoms with Crippen LogP contribution in [0.15, 0.2) is 77.9 Å². The zero-order chi connectivity index (χ0) is 23.8. The summed E-state index contributed by atoms with van der Waals surface area (Å²) in [5, 5.41) is 7.03. The van der Waals surface area contributed by atoms with Gasteiger partial charge < -0.3 is 11.1 Å². The molecule has 34 heavy (non-hydrogen) atoms. The number of benzene rings is 2. The number of fused-ring (bicyclic) bond motifs is 2. The van der Waals surface area contributed by atoms with Crippen molar-refractivity contribution in [3.8, 4) is 18.0 Å². The smallest absolute Gasteiger partial charge is 0.362 e. The highest BCUT2D eigenvalue weighted by Gasteiger charge is 2.27. The third-order valence-electron chi connectivity index (χ3n) is 5.74. The number of nitrogens with two attached hydrogens (primary N) is 1. The molecule has 5 aromatic rings. The molecule has 4 N–H and O–H groups in total. The highest BCUT2D eigenvalue weighted by atomic mass is 16.2. The van der Waals surface area contributed by atoms with Gasteiger partial charge in [-0.2, -0.15) is 0 Å². The Hall–Kier alpha value is -4.90. The first-order chi connectivity index (χ1) is 16.5. The van der Waals surface area contributed by atoms with Crippen molar-refractivity contribution >= 4 is 28.1 Å². The number of nitrogens with one attached hydrogen (secondary N) is 2. The normalized spacial score (nSPS) is 11.9. The molecule has 3 heterocycles. The second kappa shape index (κ2) is 8.22. The monoisotopic (exact) mass is 449 g/mol. The number of carbonyl (C=O) groups excluding carboxylic acids is 1. The number of hydrogen-bond acceptors (Lipinski definition) is 4. The summed E-state index contributed by atoms with van der Waals surface area (Å²) in [6, 6.07) is 17.7. The molecule has 0 radical (unpaired) electrons. The van der Waals surface area contributed by atoms with E-state index < -0.39 is 11.9 Å². The average Bonchev–Trinajstić information content (AvgIpc) is 3.19. The van der Waals surface area contributed by atoms with Crippen LogP contribution < -0.4 is 21.1 Å². The van der Waals surface area contributed by atoms with Crippen molar-refractivity contribution in [1.29, 1.82) is 0 Å². The molecule has 0 saturated carbocycles. The first kappa shape index (κ1) is 21.0. The zero-order valence-corrected chi connectivity index (χ0v) is 18.3. The Morgan fingerprint density at radius 2 is 2.00 bits per heavy atom. The van der Waals surface area contributed by atoms with E-state index in [4.69, 9.17) is 12.2 Å². The number of carbonyl (C=O) groups is 1. The molecule has 8 nitrogen and oxygen atoms in total. The molecule has 0 aliphatic heterocycles. The maximum atomic E-state index is 13.7. The highest BCUT2D eigenvalue weighted by molar-refractivity contribution is 6.03. The van der Waals surface area contributed by atoms with E-state index in [0.29, 0.717) is 33.4 Å². The molecule has 0 saturated heterocycles. The first-order valence-electron chi connectivity index (χ1n) is 10.6. The van der Waals surface area contributed by atoms with Crippen LogP contribution in [0, 0.1) is 12.3 Å². The molecule has 0 spiro atoms. The van der Waals surface area contributed by atoms with Gasteiger partial charge in [0.1, 0.15) is 12.4 Å². The van der Waals surface area contributed by atoms with E-state index >= 15 is 0 Å². The number of pyridine rings is 1. The van der Waals surface area contributed by atoms with Crippen LogP contribution in [0.5, 0.6) is 0 Å². The van der Waals surface area contributed by atoms with E-state index in [2.05, 4.69) is 21.3 Å². The summed E-state index contributed by atoms with van der Waals surface area (Å²) in [6.45, 7) is 1.81. The fraction of sp³-hybridized carbons (Fsp3) is 0.0769. The SMILES string of the molecule is C#Cc1cccc2cc(C(C)NC(=O)c3c(N)[nH][n+]4cccnc34)n(-c3ccccc3)c(=O)c12. The Balaban J connectivity index is 1.65. The zero-order valence-electron chi connectivity index (χ0n) is 18.3. The van der Waals surface area contributed by atoms with Crippen LogP contribution in [0.2, 0.25) is 0 Å². The molecule has 0 fully saturated rings. The molecular weight excluding hydrogens is 428 g/mol. The standard InChI is InChI=1S/C26H20N6O2/c1-3-17-9-7-10-18-15-20(32(26(34)21(17)18)19-11-5-4-6-12-19)16(2)29-25(33)22-23(27)30-31-14-8-13-28-24(22)31/h1,4-16H,2H3,(H3,27,29,30,33)/p+1. The van der Waals surface area contributed by atoms with E-state index in [1.807, 2.05) is 55.5 Å². The Bertz CT molecular complexity index is 1660.